The molecule has 0 bridgehead atoms. The first kappa shape index (κ1) is 11.9. The van der Waals surface area contributed by atoms with Crippen molar-refractivity contribution in [2.75, 3.05) is 25.1 Å². The van der Waals surface area contributed by atoms with E-state index in [4.69, 9.17) is 5.11 Å². The van der Waals surface area contributed by atoms with Gasteiger partial charge < -0.3 is 10.0 Å². The highest BCUT2D eigenvalue weighted by atomic mass is 32.2. The summed E-state index contributed by atoms with van der Waals surface area (Å²) in [5.41, 5.74) is -0.637. The minimum Gasteiger partial charge on any atom is -0.481 e. The van der Waals surface area contributed by atoms with Gasteiger partial charge in [-0.15, -0.1) is 0 Å². The molecule has 1 N–H and O–H groups in total. The third-order valence-electron chi connectivity index (χ3n) is 2.75. The van der Waals surface area contributed by atoms with Crippen molar-refractivity contribution in [3.05, 3.63) is 0 Å². The van der Waals surface area contributed by atoms with Crippen molar-refractivity contribution in [3.8, 4) is 0 Å². The molecule has 0 aromatic rings. The van der Waals surface area contributed by atoms with Crippen LogP contribution in [0.2, 0.25) is 0 Å². The van der Waals surface area contributed by atoms with Gasteiger partial charge >= 0.3 is 5.97 Å². The fraction of sp³-hybridized carbons (Fsp3) is 0.900. The predicted octanol–water partition coefficient (Wildman–Crippen LogP) is 1.53. The third kappa shape index (κ3) is 2.89. The van der Waals surface area contributed by atoms with E-state index < -0.39 is 11.4 Å². The Morgan fingerprint density at radius 1 is 1.64 bits per heavy atom. The summed E-state index contributed by atoms with van der Waals surface area (Å²) in [7, 11) is 2.03. The van der Waals surface area contributed by atoms with Gasteiger partial charge in [-0.2, -0.15) is 11.8 Å². The number of thioether (sulfide) groups is 1. The maximum Gasteiger partial charge on any atom is 0.310 e. The molecule has 1 aliphatic heterocycles. The number of carboxylic acids is 1. The molecule has 1 aliphatic rings. The van der Waals surface area contributed by atoms with Crippen molar-refractivity contribution in [2.24, 2.45) is 5.41 Å². The summed E-state index contributed by atoms with van der Waals surface area (Å²) >= 11 is 1.96. The van der Waals surface area contributed by atoms with Gasteiger partial charge in [-0.05, 0) is 33.1 Å². The lowest BCUT2D eigenvalue weighted by molar-refractivity contribution is -0.148. The van der Waals surface area contributed by atoms with Crippen LogP contribution < -0.4 is 0 Å². The molecule has 0 aliphatic carbocycles. The van der Waals surface area contributed by atoms with Crippen molar-refractivity contribution in [1.82, 2.24) is 4.90 Å². The third-order valence-corrected chi connectivity index (χ3v) is 3.90. The molecule has 0 amide bonds. The molecule has 1 heterocycles. The van der Waals surface area contributed by atoms with Gasteiger partial charge in [0.25, 0.3) is 0 Å². The molecule has 0 radical (unpaired) electrons. The smallest absolute Gasteiger partial charge is 0.310 e. The molecular formula is C10H19NO2S. The monoisotopic (exact) mass is 217 g/mol. The molecule has 1 atom stereocenters. The second kappa shape index (κ2) is 4.53. The molecular weight excluding hydrogens is 198 g/mol. The number of hydrogen-bond acceptors (Lipinski definition) is 3. The van der Waals surface area contributed by atoms with Crippen LogP contribution in [0, 0.1) is 5.41 Å². The maximum absolute atomic E-state index is 10.9. The minimum absolute atomic E-state index is 0.568. The van der Waals surface area contributed by atoms with E-state index >= 15 is 0 Å². The quantitative estimate of drug-likeness (QED) is 0.775. The summed E-state index contributed by atoms with van der Waals surface area (Å²) in [4.78, 5) is 13.1. The first-order valence-electron chi connectivity index (χ1n) is 4.95. The van der Waals surface area contributed by atoms with Crippen LogP contribution in [0.3, 0.4) is 0 Å². The average Bonchev–Trinajstić information content (AvgIpc) is 2.54. The van der Waals surface area contributed by atoms with Crippen LogP contribution >= 0.6 is 11.8 Å². The standard InChI is InChI=1S/C10H19NO2S/c1-10(2,9(12)13)7-11(3)8-4-5-14-6-8/h8H,4-7H2,1-3H3,(H,12,13). The van der Waals surface area contributed by atoms with Crippen molar-refractivity contribution < 1.29 is 9.90 Å². The van der Waals surface area contributed by atoms with Crippen LogP contribution in [0.25, 0.3) is 0 Å². The molecule has 4 heteroatoms. The van der Waals surface area contributed by atoms with Crippen LogP contribution in [0.4, 0.5) is 0 Å². The Morgan fingerprint density at radius 3 is 2.71 bits per heavy atom. The van der Waals surface area contributed by atoms with E-state index in [1.54, 1.807) is 13.8 Å². The summed E-state index contributed by atoms with van der Waals surface area (Å²) in [6.07, 6.45) is 1.19. The van der Waals surface area contributed by atoms with Gasteiger partial charge in [0.05, 0.1) is 5.41 Å². The van der Waals surface area contributed by atoms with Gasteiger partial charge in [-0.25, -0.2) is 0 Å². The van der Waals surface area contributed by atoms with Gasteiger partial charge in [0.1, 0.15) is 0 Å². The van der Waals surface area contributed by atoms with Crippen LogP contribution in [0.1, 0.15) is 20.3 Å². The van der Waals surface area contributed by atoms with E-state index in [-0.39, 0.29) is 0 Å². The second-order valence-corrected chi connectivity index (χ2v) is 5.77. The molecule has 3 nitrogen and oxygen atoms in total. The van der Waals surface area contributed by atoms with E-state index in [1.807, 2.05) is 18.8 Å². The van der Waals surface area contributed by atoms with Gasteiger partial charge in [0.2, 0.25) is 0 Å². The molecule has 0 aromatic heterocycles. The molecule has 1 fully saturated rings. The topological polar surface area (TPSA) is 40.5 Å². The van der Waals surface area contributed by atoms with Crippen LogP contribution in [0.5, 0.6) is 0 Å². The first-order valence-corrected chi connectivity index (χ1v) is 6.10. The van der Waals surface area contributed by atoms with Crippen LogP contribution in [0.15, 0.2) is 0 Å². The zero-order valence-corrected chi connectivity index (χ0v) is 9.93. The summed E-state index contributed by atoms with van der Waals surface area (Å²) in [6, 6.07) is 0.568. The number of carbonyl (C=O) groups is 1. The summed E-state index contributed by atoms with van der Waals surface area (Å²) in [5.74, 6) is 1.64. The highest BCUT2D eigenvalue weighted by Gasteiger charge is 2.31. The van der Waals surface area contributed by atoms with Gasteiger partial charge in [-0.3, -0.25) is 4.79 Å². The number of nitrogens with zero attached hydrogens (tertiary/aromatic N) is 1. The highest BCUT2D eigenvalue weighted by molar-refractivity contribution is 7.99. The largest absolute Gasteiger partial charge is 0.481 e. The molecule has 1 unspecified atom stereocenters. The highest BCUT2D eigenvalue weighted by Crippen LogP contribution is 2.25. The summed E-state index contributed by atoms with van der Waals surface area (Å²) in [5, 5.41) is 9.00. The fourth-order valence-corrected chi connectivity index (χ4v) is 2.99. The first-order chi connectivity index (χ1) is 6.43. The number of carboxylic acid groups (broad SMARTS) is 1. The van der Waals surface area contributed by atoms with Crippen molar-refractivity contribution in [1.29, 1.82) is 0 Å². The maximum atomic E-state index is 10.9. The molecule has 1 saturated heterocycles. The Hall–Kier alpha value is -0.220. The molecule has 14 heavy (non-hydrogen) atoms. The zero-order chi connectivity index (χ0) is 10.8. The van der Waals surface area contributed by atoms with E-state index in [1.165, 1.54) is 12.2 Å². The van der Waals surface area contributed by atoms with Gasteiger partial charge in [-0.1, -0.05) is 0 Å². The average molecular weight is 217 g/mol. The molecule has 0 aromatic carbocycles. The van der Waals surface area contributed by atoms with Crippen molar-refractivity contribution in [3.63, 3.8) is 0 Å². The number of aliphatic carboxylic acids is 1. The lowest BCUT2D eigenvalue weighted by atomic mass is 9.92. The Morgan fingerprint density at radius 2 is 2.29 bits per heavy atom. The van der Waals surface area contributed by atoms with E-state index in [9.17, 15) is 4.79 Å². The van der Waals surface area contributed by atoms with Gasteiger partial charge in [0, 0.05) is 18.3 Å². The predicted molar refractivity (Wildman–Crippen MR) is 59.8 cm³/mol. The number of hydrogen-bond donors (Lipinski definition) is 1. The lowest BCUT2D eigenvalue weighted by Gasteiger charge is -2.30. The SMILES string of the molecule is CN(CC(C)(C)C(=O)O)C1CCSC1. The number of rotatable bonds is 4. The fourth-order valence-electron chi connectivity index (χ4n) is 1.69. The van der Waals surface area contributed by atoms with Crippen molar-refractivity contribution in [2.45, 2.75) is 26.3 Å². The second-order valence-electron chi connectivity index (χ2n) is 4.62. The Kier molecular flexibility index (Phi) is 3.84. The summed E-state index contributed by atoms with van der Waals surface area (Å²) < 4.78 is 0. The summed E-state index contributed by atoms with van der Waals surface area (Å²) in [6.45, 7) is 4.20. The normalized spacial score (nSPS) is 23.0. The van der Waals surface area contributed by atoms with Crippen molar-refractivity contribution >= 4 is 17.7 Å². The Labute approximate surface area is 89.9 Å². The molecule has 82 valence electrons. The minimum atomic E-state index is -0.713. The Bertz CT molecular complexity index is 212. The van der Waals surface area contributed by atoms with E-state index in [2.05, 4.69) is 4.90 Å². The molecule has 1 rings (SSSR count). The Balaban J connectivity index is 2.46. The molecule has 0 spiro atoms. The molecule has 0 saturated carbocycles. The zero-order valence-electron chi connectivity index (χ0n) is 9.12. The van der Waals surface area contributed by atoms with Crippen LogP contribution in [-0.4, -0.2) is 47.1 Å². The lowest BCUT2D eigenvalue weighted by Crippen LogP contribution is -2.42. The van der Waals surface area contributed by atoms with Gasteiger partial charge in [0.15, 0.2) is 0 Å². The van der Waals surface area contributed by atoms with Crippen LogP contribution in [-0.2, 0) is 4.79 Å². The van der Waals surface area contributed by atoms with E-state index in [0.29, 0.717) is 12.6 Å². The van der Waals surface area contributed by atoms with E-state index in [0.717, 1.165) is 5.75 Å².